The lowest BCUT2D eigenvalue weighted by molar-refractivity contribution is -0.0794. The van der Waals surface area contributed by atoms with Crippen LogP contribution < -0.4 is 10.9 Å². The van der Waals surface area contributed by atoms with E-state index in [1.165, 1.54) is 10.8 Å². The average Bonchev–Trinajstić information content (AvgIpc) is 3.34. The highest BCUT2D eigenvalue weighted by Crippen LogP contribution is 2.30. The molecule has 0 unspecified atom stereocenters. The highest BCUT2D eigenvalue weighted by atomic mass is 19.1. The van der Waals surface area contributed by atoms with Crippen molar-refractivity contribution in [1.29, 1.82) is 0 Å². The summed E-state index contributed by atoms with van der Waals surface area (Å²) in [5.74, 6) is -0.552. The van der Waals surface area contributed by atoms with E-state index in [2.05, 4.69) is 25.3 Å². The van der Waals surface area contributed by atoms with E-state index in [9.17, 15) is 13.6 Å². The topological polar surface area (TPSA) is 92.5 Å². The molecule has 1 aromatic carbocycles. The van der Waals surface area contributed by atoms with Crippen LogP contribution in [0.5, 0.6) is 0 Å². The number of aromatic nitrogens is 5. The molecule has 0 spiro atoms. The van der Waals surface area contributed by atoms with Crippen LogP contribution >= 0.6 is 0 Å². The summed E-state index contributed by atoms with van der Waals surface area (Å²) < 4.78 is 50.8. The van der Waals surface area contributed by atoms with Crippen molar-refractivity contribution in [2.24, 2.45) is 0 Å². The third kappa shape index (κ3) is 3.86. The van der Waals surface area contributed by atoms with Crippen LogP contribution in [0.15, 0.2) is 35.5 Å². The van der Waals surface area contributed by atoms with Gasteiger partial charge in [0.15, 0.2) is 5.82 Å². The Morgan fingerprint density at radius 2 is 2.14 bits per heavy atom. The van der Waals surface area contributed by atoms with Crippen LogP contribution in [0.2, 0.25) is 0 Å². The SMILES string of the molecule is O=c1[nH]c(N[C@H]2CCN(C3COC3)C[C@@H]2F)nn2cc(F)c(-c3ccc4ncn(CCF)c4c3)c12. The van der Waals surface area contributed by atoms with Gasteiger partial charge in [-0.3, -0.25) is 14.7 Å². The summed E-state index contributed by atoms with van der Waals surface area (Å²) in [5.41, 5.74) is 1.28. The van der Waals surface area contributed by atoms with Crippen molar-refractivity contribution in [3.8, 4) is 11.1 Å². The van der Waals surface area contributed by atoms with E-state index in [1.54, 1.807) is 22.8 Å². The van der Waals surface area contributed by atoms with Crippen molar-refractivity contribution in [1.82, 2.24) is 29.0 Å². The van der Waals surface area contributed by atoms with Gasteiger partial charge in [0.1, 0.15) is 18.4 Å². The molecule has 2 N–H and O–H groups in total. The number of fused-ring (bicyclic) bond motifs is 2. The highest BCUT2D eigenvalue weighted by molar-refractivity contribution is 5.87. The Hall–Kier alpha value is -3.38. The average molecular weight is 487 g/mol. The van der Waals surface area contributed by atoms with Gasteiger partial charge in [-0.15, -0.1) is 5.10 Å². The first kappa shape index (κ1) is 22.1. The number of halogens is 3. The summed E-state index contributed by atoms with van der Waals surface area (Å²) in [5, 5.41) is 7.27. The largest absolute Gasteiger partial charge is 0.378 e. The van der Waals surface area contributed by atoms with Crippen LogP contribution in [-0.4, -0.2) is 80.3 Å². The molecule has 12 heteroatoms. The number of alkyl halides is 2. The molecule has 4 aromatic rings. The first-order valence-electron chi connectivity index (χ1n) is 11.6. The lowest BCUT2D eigenvalue weighted by atomic mass is 10.0. The molecule has 3 aromatic heterocycles. The summed E-state index contributed by atoms with van der Waals surface area (Å²) in [6.07, 6.45) is 2.04. The first-order valence-corrected chi connectivity index (χ1v) is 11.6. The Bertz CT molecular complexity index is 1440. The smallest absolute Gasteiger partial charge is 0.277 e. The zero-order valence-electron chi connectivity index (χ0n) is 18.8. The molecule has 0 radical (unpaired) electrons. The Kier molecular flexibility index (Phi) is 5.49. The molecule has 2 aliphatic rings. The molecule has 6 rings (SSSR count). The van der Waals surface area contributed by atoms with Crippen molar-refractivity contribution < 1.29 is 17.9 Å². The van der Waals surface area contributed by atoms with Gasteiger partial charge < -0.3 is 14.6 Å². The van der Waals surface area contributed by atoms with E-state index in [0.717, 1.165) is 6.20 Å². The summed E-state index contributed by atoms with van der Waals surface area (Å²) in [7, 11) is 0. The maximum atomic E-state index is 15.1. The molecule has 0 amide bonds. The zero-order valence-corrected chi connectivity index (χ0v) is 18.8. The Balaban J connectivity index is 1.30. The van der Waals surface area contributed by atoms with Crippen LogP contribution in [0.1, 0.15) is 6.42 Å². The molecular weight excluding hydrogens is 463 g/mol. The number of ether oxygens (including phenoxy) is 1. The van der Waals surface area contributed by atoms with E-state index in [1.807, 2.05) is 0 Å². The number of nitrogens with one attached hydrogen (secondary N) is 2. The first-order chi connectivity index (χ1) is 17.0. The molecule has 0 saturated carbocycles. The summed E-state index contributed by atoms with van der Waals surface area (Å²) in [6, 6.07) is 4.78. The van der Waals surface area contributed by atoms with Gasteiger partial charge in [0.2, 0.25) is 5.95 Å². The van der Waals surface area contributed by atoms with Crippen molar-refractivity contribution in [2.45, 2.75) is 31.2 Å². The maximum absolute atomic E-state index is 15.1. The lowest BCUT2D eigenvalue weighted by Crippen LogP contribution is -2.57. The fourth-order valence-corrected chi connectivity index (χ4v) is 4.91. The van der Waals surface area contributed by atoms with Crippen LogP contribution in [-0.2, 0) is 11.3 Å². The predicted molar refractivity (Wildman–Crippen MR) is 124 cm³/mol. The van der Waals surface area contributed by atoms with E-state index >= 15 is 4.39 Å². The number of benzene rings is 1. The van der Waals surface area contributed by atoms with E-state index < -0.39 is 30.3 Å². The van der Waals surface area contributed by atoms with E-state index in [0.29, 0.717) is 42.8 Å². The monoisotopic (exact) mass is 487 g/mol. The second-order valence-electron chi connectivity index (χ2n) is 9.02. The van der Waals surface area contributed by atoms with Crippen molar-refractivity contribution in [2.75, 3.05) is 38.3 Å². The Labute approximate surface area is 197 Å². The molecular formula is C23H24F3N7O2. The van der Waals surface area contributed by atoms with Crippen LogP contribution in [0.25, 0.3) is 27.7 Å². The van der Waals surface area contributed by atoms with Crippen LogP contribution in [0.4, 0.5) is 19.1 Å². The molecule has 35 heavy (non-hydrogen) atoms. The fraction of sp³-hybridized carbons (Fsp3) is 0.435. The molecule has 5 heterocycles. The number of nitrogens with zero attached hydrogens (tertiary/aromatic N) is 5. The van der Waals surface area contributed by atoms with Gasteiger partial charge in [0.25, 0.3) is 5.56 Å². The standard InChI is InChI=1S/C23H24F3N7O2/c24-4-6-32-12-27-18-2-1-13(7-19(18)32)20-16(26)9-33-21(20)22(34)29-23(30-33)28-17-3-5-31(8-15(17)25)14-10-35-11-14/h1-2,7,9,12,14-15,17H,3-6,8,10-11H2,(H2,28,29,30,34)/t15-,17-/m0/s1. The molecule has 2 fully saturated rings. The van der Waals surface area contributed by atoms with Gasteiger partial charge >= 0.3 is 0 Å². The number of aromatic amines is 1. The fourth-order valence-electron chi connectivity index (χ4n) is 4.91. The Morgan fingerprint density at radius 1 is 1.29 bits per heavy atom. The molecule has 2 saturated heterocycles. The lowest BCUT2D eigenvalue weighted by Gasteiger charge is -2.42. The second-order valence-corrected chi connectivity index (χ2v) is 9.02. The van der Waals surface area contributed by atoms with E-state index in [-0.39, 0.29) is 36.2 Å². The number of H-pyrrole nitrogens is 1. The second kappa shape index (κ2) is 8.68. The summed E-state index contributed by atoms with van der Waals surface area (Å²) >= 11 is 0. The summed E-state index contributed by atoms with van der Waals surface area (Å²) in [6.45, 7) is 1.81. The minimum Gasteiger partial charge on any atom is -0.378 e. The number of aryl methyl sites for hydroxylation is 1. The van der Waals surface area contributed by atoms with Crippen LogP contribution in [0.3, 0.4) is 0 Å². The number of rotatable bonds is 6. The summed E-state index contributed by atoms with van der Waals surface area (Å²) in [4.78, 5) is 21.9. The predicted octanol–water partition coefficient (Wildman–Crippen LogP) is 2.37. The molecule has 0 bridgehead atoms. The molecule has 9 nitrogen and oxygen atoms in total. The Morgan fingerprint density at radius 3 is 2.89 bits per heavy atom. The van der Waals surface area contributed by atoms with Gasteiger partial charge in [-0.05, 0) is 24.1 Å². The van der Waals surface area contributed by atoms with Gasteiger partial charge in [-0.25, -0.2) is 22.7 Å². The van der Waals surface area contributed by atoms with Gasteiger partial charge in [-0.2, -0.15) is 0 Å². The highest BCUT2D eigenvalue weighted by Gasteiger charge is 2.35. The number of piperidine rings is 1. The molecule has 0 aliphatic carbocycles. The maximum Gasteiger partial charge on any atom is 0.277 e. The third-order valence-electron chi connectivity index (χ3n) is 6.86. The molecule has 2 atom stereocenters. The van der Waals surface area contributed by atoms with Crippen molar-refractivity contribution in [3.63, 3.8) is 0 Å². The number of hydrogen-bond acceptors (Lipinski definition) is 6. The quantitative estimate of drug-likeness (QED) is 0.434. The molecule has 184 valence electrons. The van der Waals surface area contributed by atoms with Gasteiger partial charge in [-0.1, -0.05) is 6.07 Å². The minimum atomic E-state index is -1.15. The number of likely N-dealkylation sites (tertiary alicyclic amines) is 1. The minimum absolute atomic E-state index is 0.0283. The van der Waals surface area contributed by atoms with Crippen molar-refractivity contribution in [3.05, 3.63) is 46.9 Å². The number of imidazole rings is 1. The van der Waals surface area contributed by atoms with Crippen molar-refractivity contribution >= 4 is 22.5 Å². The van der Waals surface area contributed by atoms with Gasteiger partial charge in [0.05, 0.1) is 61.0 Å². The molecule has 2 aliphatic heterocycles. The normalized spacial score (nSPS) is 21.6. The third-order valence-corrected chi connectivity index (χ3v) is 6.86. The number of anilines is 1. The number of hydrogen-bond donors (Lipinski definition) is 2. The zero-order chi connectivity index (χ0) is 24.1. The van der Waals surface area contributed by atoms with Gasteiger partial charge in [0, 0.05) is 13.1 Å². The van der Waals surface area contributed by atoms with Crippen LogP contribution in [0, 0.1) is 5.82 Å². The van der Waals surface area contributed by atoms with E-state index in [4.69, 9.17) is 4.74 Å².